The molecular formula is C9H11ClFNO. The number of nitrogens with two attached hydrogens (primary N) is 1. The number of halogens is 2. The first kappa shape index (κ1) is 10.4. The number of hydrogen-bond acceptors (Lipinski definition) is 2. The van der Waals surface area contributed by atoms with Crippen molar-refractivity contribution in [3.8, 4) is 0 Å². The Morgan fingerprint density at radius 1 is 1.62 bits per heavy atom. The van der Waals surface area contributed by atoms with Crippen molar-refractivity contribution in [2.24, 2.45) is 5.73 Å². The monoisotopic (exact) mass is 203 g/mol. The van der Waals surface area contributed by atoms with Gasteiger partial charge in [0.1, 0.15) is 5.82 Å². The first-order chi connectivity index (χ1) is 5.97. The first-order valence-electron chi connectivity index (χ1n) is 3.82. The summed E-state index contributed by atoms with van der Waals surface area (Å²) in [6.07, 6.45) is 0. The highest BCUT2D eigenvalue weighted by molar-refractivity contribution is 6.30. The fraction of sp³-hybridized carbons (Fsp3) is 0.333. The Kier molecular flexibility index (Phi) is 2.91. The van der Waals surface area contributed by atoms with E-state index in [2.05, 4.69) is 0 Å². The molecule has 0 saturated heterocycles. The average Bonchev–Trinajstić information content (AvgIpc) is 2.09. The Labute approximate surface area is 81.1 Å². The molecule has 4 heteroatoms. The van der Waals surface area contributed by atoms with E-state index in [9.17, 15) is 4.39 Å². The van der Waals surface area contributed by atoms with Crippen LogP contribution in [-0.4, -0.2) is 11.7 Å². The minimum absolute atomic E-state index is 0.0163. The Morgan fingerprint density at radius 3 is 2.69 bits per heavy atom. The largest absolute Gasteiger partial charge is 0.394 e. The molecular weight excluding hydrogens is 193 g/mol. The lowest BCUT2D eigenvalue weighted by Crippen LogP contribution is -2.36. The van der Waals surface area contributed by atoms with Gasteiger partial charge in [0.05, 0.1) is 17.2 Å². The van der Waals surface area contributed by atoms with Crippen LogP contribution in [0.2, 0.25) is 5.02 Å². The lowest BCUT2D eigenvalue weighted by atomic mass is 9.94. The third kappa shape index (κ3) is 2.18. The minimum atomic E-state index is -0.878. The lowest BCUT2D eigenvalue weighted by molar-refractivity contribution is 0.210. The van der Waals surface area contributed by atoms with E-state index in [1.54, 1.807) is 6.92 Å². The molecule has 1 unspecified atom stereocenters. The van der Waals surface area contributed by atoms with Crippen molar-refractivity contribution in [2.75, 3.05) is 6.61 Å². The van der Waals surface area contributed by atoms with Crippen LogP contribution in [0.4, 0.5) is 4.39 Å². The highest BCUT2D eigenvalue weighted by atomic mass is 35.5. The average molecular weight is 204 g/mol. The number of rotatable bonds is 2. The highest BCUT2D eigenvalue weighted by Crippen LogP contribution is 2.22. The van der Waals surface area contributed by atoms with Gasteiger partial charge in [0.25, 0.3) is 0 Å². The molecule has 0 saturated carbocycles. The van der Waals surface area contributed by atoms with Crippen molar-refractivity contribution in [3.63, 3.8) is 0 Å². The van der Waals surface area contributed by atoms with Crippen molar-refractivity contribution in [1.29, 1.82) is 0 Å². The van der Waals surface area contributed by atoms with Gasteiger partial charge in [-0.15, -0.1) is 0 Å². The van der Waals surface area contributed by atoms with Crippen LogP contribution in [0, 0.1) is 5.82 Å². The minimum Gasteiger partial charge on any atom is -0.394 e. The van der Waals surface area contributed by atoms with Gasteiger partial charge in [-0.25, -0.2) is 4.39 Å². The maximum atomic E-state index is 12.8. The van der Waals surface area contributed by atoms with Crippen LogP contribution in [0.25, 0.3) is 0 Å². The SMILES string of the molecule is CC(N)(CO)c1ccc(F)c(Cl)c1. The summed E-state index contributed by atoms with van der Waals surface area (Å²) in [7, 11) is 0. The fourth-order valence-electron chi connectivity index (χ4n) is 0.943. The summed E-state index contributed by atoms with van der Waals surface area (Å²) in [6, 6.07) is 4.17. The van der Waals surface area contributed by atoms with Gasteiger partial charge in [-0.3, -0.25) is 0 Å². The Bertz CT molecular complexity index is 314. The topological polar surface area (TPSA) is 46.2 Å². The number of aliphatic hydroxyl groups is 1. The predicted molar refractivity (Wildman–Crippen MR) is 50.0 cm³/mol. The lowest BCUT2D eigenvalue weighted by Gasteiger charge is -2.22. The molecule has 0 aromatic heterocycles. The van der Waals surface area contributed by atoms with Gasteiger partial charge in [-0.05, 0) is 24.6 Å². The van der Waals surface area contributed by atoms with Crippen molar-refractivity contribution in [3.05, 3.63) is 34.6 Å². The maximum Gasteiger partial charge on any atom is 0.141 e. The highest BCUT2D eigenvalue weighted by Gasteiger charge is 2.20. The van der Waals surface area contributed by atoms with Crippen LogP contribution < -0.4 is 5.73 Å². The molecule has 1 atom stereocenters. The molecule has 72 valence electrons. The molecule has 0 heterocycles. The van der Waals surface area contributed by atoms with Crippen LogP contribution in [0.15, 0.2) is 18.2 Å². The van der Waals surface area contributed by atoms with E-state index in [0.29, 0.717) is 5.56 Å². The molecule has 0 spiro atoms. The van der Waals surface area contributed by atoms with Crippen molar-refractivity contribution < 1.29 is 9.50 Å². The number of benzene rings is 1. The van der Waals surface area contributed by atoms with Gasteiger partial charge in [-0.1, -0.05) is 17.7 Å². The van der Waals surface area contributed by atoms with Gasteiger partial charge in [0.15, 0.2) is 0 Å². The van der Waals surface area contributed by atoms with Crippen LogP contribution >= 0.6 is 11.6 Å². The molecule has 13 heavy (non-hydrogen) atoms. The van der Waals surface area contributed by atoms with E-state index >= 15 is 0 Å². The second-order valence-corrected chi connectivity index (χ2v) is 3.61. The van der Waals surface area contributed by atoms with E-state index in [1.807, 2.05) is 0 Å². The number of hydrogen-bond donors (Lipinski definition) is 2. The molecule has 1 rings (SSSR count). The molecule has 0 bridgehead atoms. The second kappa shape index (κ2) is 3.62. The summed E-state index contributed by atoms with van der Waals surface area (Å²) in [5, 5.41) is 8.96. The Balaban J connectivity index is 3.10. The fourth-order valence-corrected chi connectivity index (χ4v) is 1.12. The summed E-state index contributed by atoms with van der Waals surface area (Å²) in [5.74, 6) is -0.487. The van der Waals surface area contributed by atoms with E-state index in [0.717, 1.165) is 0 Å². The van der Waals surface area contributed by atoms with Crippen molar-refractivity contribution in [2.45, 2.75) is 12.5 Å². The molecule has 0 aliphatic heterocycles. The molecule has 3 N–H and O–H groups in total. The quantitative estimate of drug-likeness (QED) is 0.768. The van der Waals surface area contributed by atoms with E-state index in [4.69, 9.17) is 22.4 Å². The van der Waals surface area contributed by atoms with Gasteiger partial charge in [0, 0.05) is 0 Å². The van der Waals surface area contributed by atoms with E-state index < -0.39 is 11.4 Å². The van der Waals surface area contributed by atoms with Crippen LogP contribution in [0.3, 0.4) is 0 Å². The van der Waals surface area contributed by atoms with Gasteiger partial charge in [0.2, 0.25) is 0 Å². The molecule has 0 radical (unpaired) electrons. The molecule has 1 aromatic rings. The summed E-state index contributed by atoms with van der Waals surface area (Å²) in [6.45, 7) is 1.44. The van der Waals surface area contributed by atoms with E-state index in [1.165, 1.54) is 18.2 Å². The summed E-state index contributed by atoms with van der Waals surface area (Å²) < 4.78 is 12.8. The number of aliphatic hydroxyl groups excluding tert-OH is 1. The molecule has 0 aliphatic rings. The van der Waals surface area contributed by atoms with Gasteiger partial charge < -0.3 is 10.8 Å². The summed E-state index contributed by atoms with van der Waals surface area (Å²) >= 11 is 5.56. The van der Waals surface area contributed by atoms with Crippen molar-refractivity contribution >= 4 is 11.6 Å². The van der Waals surface area contributed by atoms with Crippen LogP contribution in [0.1, 0.15) is 12.5 Å². The molecule has 2 nitrogen and oxygen atoms in total. The maximum absolute atomic E-state index is 12.8. The first-order valence-corrected chi connectivity index (χ1v) is 4.20. The zero-order valence-corrected chi connectivity index (χ0v) is 7.98. The molecule has 0 fully saturated rings. The summed E-state index contributed by atoms with van der Waals surface area (Å²) in [4.78, 5) is 0. The van der Waals surface area contributed by atoms with Crippen molar-refractivity contribution in [1.82, 2.24) is 0 Å². The zero-order valence-electron chi connectivity index (χ0n) is 7.22. The standard InChI is InChI=1S/C9H11ClFNO/c1-9(12,5-13)6-2-3-8(11)7(10)4-6/h2-4,13H,5,12H2,1H3. The smallest absolute Gasteiger partial charge is 0.141 e. The third-order valence-electron chi connectivity index (χ3n) is 1.91. The van der Waals surface area contributed by atoms with Gasteiger partial charge in [-0.2, -0.15) is 0 Å². The van der Waals surface area contributed by atoms with Gasteiger partial charge >= 0.3 is 0 Å². The molecule has 0 amide bonds. The third-order valence-corrected chi connectivity index (χ3v) is 2.20. The molecule has 0 aliphatic carbocycles. The van der Waals surface area contributed by atoms with Crippen LogP contribution in [-0.2, 0) is 5.54 Å². The second-order valence-electron chi connectivity index (χ2n) is 3.20. The zero-order chi connectivity index (χ0) is 10.1. The normalized spacial score (nSPS) is 15.5. The Morgan fingerprint density at radius 2 is 2.23 bits per heavy atom. The Hall–Kier alpha value is -0.640. The van der Waals surface area contributed by atoms with E-state index in [-0.39, 0.29) is 11.6 Å². The molecule has 1 aromatic carbocycles. The summed E-state index contributed by atoms with van der Waals surface area (Å²) in [5.41, 5.74) is 5.46. The predicted octanol–water partition coefficient (Wildman–Crippen LogP) is 1.65. The van der Waals surface area contributed by atoms with Crippen LogP contribution in [0.5, 0.6) is 0 Å².